The molecule has 0 aliphatic carbocycles. The Morgan fingerprint density at radius 3 is 2.52 bits per heavy atom. The molecule has 6 nitrogen and oxygen atoms in total. The van der Waals surface area contributed by atoms with Crippen molar-refractivity contribution in [2.45, 2.75) is 26.3 Å². The Balaban J connectivity index is 2.46. The van der Waals surface area contributed by atoms with Crippen LogP contribution in [-0.2, 0) is 14.8 Å². The first-order valence-corrected chi connectivity index (χ1v) is 10.6. The quantitative estimate of drug-likeness (QED) is 0.752. The smallest absolute Gasteiger partial charge is 0.248 e. The molecule has 146 valence electrons. The van der Waals surface area contributed by atoms with Crippen LogP contribution in [0.15, 0.2) is 42.5 Å². The number of aryl methyl sites for hydroxylation is 1. The Hall–Kier alpha value is -2.25. The molecule has 2 aromatic carbocycles. The van der Waals surface area contributed by atoms with E-state index in [-0.39, 0.29) is 6.42 Å². The molecule has 1 atom stereocenters. The predicted molar refractivity (Wildman–Crippen MR) is 109 cm³/mol. The molecule has 0 heterocycles. The Kier molecular flexibility index (Phi) is 6.73. The molecule has 0 aliphatic rings. The van der Waals surface area contributed by atoms with Crippen LogP contribution in [0.5, 0.6) is 5.75 Å². The largest absolute Gasteiger partial charge is 0.495 e. The first kappa shape index (κ1) is 21.1. The third kappa shape index (κ3) is 4.93. The van der Waals surface area contributed by atoms with E-state index in [1.54, 1.807) is 56.3 Å². The summed E-state index contributed by atoms with van der Waals surface area (Å²) in [6.07, 6.45) is 1.35. The van der Waals surface area contributed by atoms with E-state index in [2.05, 4.69) is 5.32 Å². The number of hydrogen-bond donors (Lipinski definition) is 1. The van der Waals surface area contributed by atoms with E-state index >= 15 is 0 Å². The predicted octanol–water partition coefficient (Wildman–Crippen LogP) is 3.84. The maximum atomic E-state index is 13.0. The third-order valence-corrected chi connectivity index (χ3v) is 5.50. The SMILES string of the molecule is CCC(C(=O)Nc1ccccc1OC)N(c1cc(Cl)ccc1C)S(C)(=O)=O. The Bertz CT molecular complexity index is 931. The topological polar surface area (TPSA) is 75.7 Å². The van der Waals surface area contributed by atoms with Crippen LogP contribution in [0.4, 0.5) is 11.4 Å². The number of carbonyl (C=O) groups excluding carboxylic acids is 1. The number of para-hydroxylation sites is 2. The molecule has 1 unspecified atom stereocenters. The van der Waals surface area contributed by atoms with Gasteiger partial charge in [-0.05, 0) is 43.2 Å². The van der Waals surface area contributed by atoms with E-state index in [0.717, 1.165) is 10.6 Å². The summed E-state index contributed by atoms with van der Waals surface area (Å²) < 4.78 is 31.5. The minimum Gasteiger partial charge on any atom is -0.495 e. The van der Waals surface area contributed by atoms with Crippen LogP contribution < -0.4 is 14.4 Å². The van der Waals surface area contributed by atoms with Crippen LogP contribution in [0.3, 0.4) is 0 Å². The number of methoxy groups -OCH3 is 1. The Labute approximate surface area is 165 Å². The maximum absolute atomic E-state index is 13.0. The third-order valence-electron chi connectivity index (χ3n) is 4.10. The second-order valence-electron chi connectivity index (χ2n) is 6.10. The van der Waals surface area contributed by atoms with Gasteiger partial charge in [0.05, 0.1) is 24.7 Å². The van der Waals surface area contributed by atoms with Crippen LogP contribution in [0, 0.1) is 6.92 Å². The minimum atomic E-state index is -3.74. The van der Waals surface area contributed by atoms with E-state index in [9.17, 15) is 13.2 Å². The van der Waals surface area contributed by atoms with Gasteiger partial charge in [0.25, 0.3) is 0 Å². The van der Waals surface area contributed by atoms with Gasteiger partial charge in [0.2, 0.25) is 15.9 Å². The normalized spacial score (nSPS) is 12.3. The highest BCUT2D eigenvalue weighted by molar-refractivity contribution is 7.92. The molecule has 0 fully saturated rings. The molecule has 0 saturated carbocycles. The molecule has 8 heteroatoms. The summed E-state index contributed by atoms with van der Waals surface area (Å²) in [5, 5.41) is 3.16. The van der Waals surface area contributed by atoms with Crippen molar-refractivity contribution in [1.29, 1.82) is 0 Å². The molecule has 1 N–H and O–H groups in total. The van der Waals surface area contributed by atoms with Crippen LogP contribution >= 0.6 is 11.6 Å². The van der Waals surface area contributed by atoms with Crippen LogP contribution in [0.2, 0.25) is 5.02 Å². The van der Waals surface area contributed by atoms with Gasteiger partial charge in [-0.1, -0.05) is 36.7 Å². The number of benzene rings is 2. The van der Waals surface area contributed by atoms with Gasteiger partial charge >= 0.3 is 0 Å². The number of nitrogens with zero attached hydrogens (tertiary/aromatic N) is 1. The lowest BCUT2D eigenvalue weighted by Crippen LogP contribution is -2.47. The van der Waals surface area contributed by atoms with Crippen molar-refractivity contribution in [1.82, 2.24) is 0 Å². The highest BCUT2D eigenvalue weighted by Crippen LogP contribution is 2.30. The second-order valence-corrected chi connectivity index (χ2v) is 8.40. The first-order chi connectivity index (χ1) is 12.7. The lowest BCUT2D eigenvalue weighted by atomic mass is 10.1. The van der Waals surface area contributed by atoms with Crippen LogP contribution in [-0.4, -0.2) is 33.7 Å². The standard InChI is InChI=1S/C19H23ClN2O4S/c1-5-16(19(23)21-15-8-6-7-9-18(15)26-3)22(27(4,24)25)17-12-14(20)11-10-13(17)2/h6-12,16H,5H2,1-4H3,(H,21,23). The molecular weight excluding hydrogens is 388 g/mol. The molecule has 0 aliphatic heterocycles. The van der Waals surface area contributed by atoms with Crippen molar-refractivity contribution in [3.05, 3.63) is 53.1 Å². The number of hydrogen-bond acceptors (Lipinski definition) is 4. The zero-order chi connectivity index (χ0) is 20.2. The summed E-state index contributed by atoms with van der Waals surface area (Å²) in [6, 6.07) is 11.0. The first-order valence-electron chi connectivity index (χ1n) is 8.38. The average Bonchev–Trinajstić information content (AvgIpc) is 2.61. The summed E-state index contributed by atoms with van der Waals surface area (Å²) in [6.45, 7) is 3.53. The summed E-state index contributed by atoms with van der Waals surface area (Å²) in [5.41, 5.74) is 1.56. The van der Waals surface area contributed by atoms with Gasteiger partial charge < -0.3 is 10.1 Å². The van der Waals surface area contributed by atoms with Gasteiger partial charge in [-0.3, -0.25) is 9.10 Å². The van der Waals surface area contributed by atoms with Crippen LogP contribution in [0.25, 0.3) is 0 Å². The molecule has 0 aromatic heterocycles. The molecule has 27 heavy (non-hydrogen) atoms. The summed E-state index contributed by atoms with van der Waals surface area (Å²) >= 11 is 6.07. The molecule has 2 rings (SSSR count). The van der Waals surface area contributed by atoms with Gasteiger partial charge in [0.1, 0.15) is 11.8 Å². The fraction of sp³-hybridized carbons (Fsp3) is 0.316. The Morgan fingerprint density at radius 1 is 1.26 bits per heavy atom. The fourth-order valence-electron chi connectivity index (χ4n) is 2.82. The second kappa shape index (κ2) is 8.63. The number of nitrogens with one attached hydrogen (secondary N) is 1. The molecule has 0 bridgehead atoms. The van der Waals surface area contributed by atoms with E-state index in [1.807, 2.05) is 0 Å². The summed E-state index contributed by atoms with van der Waals surface area (Å²) in [5.74, 6) is 0.0392. The number of carbonyl (C=O) groups is 1. The van der Waals surface area contributed by atoms with Crippen molar-refractivity contribution < 1.29 is 17.9 Å². The Morgan fingerprint density at radius 2 is 1.93 bits per heavy atom. The molecule has 0 radical (unpaired) electrons. The van der Waals surface area contributed by atoms with Gasteiger partial charge in [0, 0.05) is 5.02 Å². The van der Waals surface area contributed by atoms with Crippen LogP contribution in [0.1, 0.15) is 18.9 Å². The monoisotopic (exact) mass is 410 g/mol. The number of sulfonamides is 1. The van der Waals surface area contributed by atoms with Crippen molar-refractivity contribution in [2.75, 3.05) is 23.0 Å². The highest BCUT2D eigenvalue weighted by atomic mass is 35.5. The number of ether oxygens (including phenoxy) is 1. The molecule has 1 amide bonds. The average molecular weight is 411 g/mol. The van der Waals surface area contributed by atoms with E-state index in [1.165, 1.54) is 7.11 Å². The summed E-state index contributed by atoms with van der Waals surface area (Å²) in [4.78, 5) is 13.0. The maximum Gasteiger partial charge on any atom is 0.248 e. The zero-order valence-corrected chi connectivity index (χ0v) is 17.3. The lowest BCUT2D eigenvalue weighted by molar-refractivity contribution is -0.117. The number of halogens is 1. The number of amides is 1. The van der Waals surface area contributed by atoms with Gasteiger partial charge in [-0.15, -0.1) is 0 Å². The van der Waals surface area contributed by atoms with E-state index in [0.29, 0.717) is 27.7 Å². The van der Waals surface area contributed by atoms with E-state index < -0.39 is 22.0 Å². The minimum absolute atomic E-state index is 0.278. The van der Waals surface area contributed by atoms with Gasteiger partial charge in [-0.2, -0.15) is 0 Å². The van der Waals surface area contributed by atoms with Crippen molar-refractivity contribution >= 4 is 38.9 Å². The molecular formula is C19H23ClN2O4S. The van der Waals surface area contributed by atoms with E-state index in [4.69, 9.17) is 16.3 Å². The molecule has 2 aromatic rings. The number of rotatable bonds is 7. The van der Waals surface area contributed by atoms with Gasteiger partial charge in [-0.25, -0.2) is 8.42 Å². The van der Waals surface area contributed by atoms with Crippen molar-refractivity contribution in [3.8, 4) is 5.75 Å². The number of anilines is 2. The van der Waals surface area contributed by atoms with Crippen molar-refractivity contribution in [2.24, 2.45) is 0 Å². The van der Waals surface area contributed by atoms with Gasteiger partial charge in [0.15, 0.2) is 0 Å². The highest BCUT2D eigenvalue weighted by Gasteiger charge is 2.32. The molecule has 0 spiro atoms. The molecule has 0 saturated heterocycles. The lowest BCUT2D eigenvalue weighted by Gasteiger charge is -2.31. The zero-order valence-electron chi connectivity index (χ0n) is 15.7. The van der Waals surface area contributed by atoms with Crippen molar-refractivity contribution in [3.63, 3.8) is 0 Å². The fourth-order valence-corrected chi connectivity index (χ4v) is 4.25. The summed E-state index contributed by atoms with van der Waals surface area (Å²) in [7, 11) is -2.24.